The molecule has 1 heterocycles. The van der Waals surface area contributed by atoms with E-state index in [0.717, 1.165) is 43.2 Å². The van der Waals surface area contributed by atoms with Gasteiger partial charge in [0.15, 0.2) is 0 Å². The lowest BCUT2D eigenvalue weighted by Crippen LogP contribution is -2.40. The van der Waals surface area contributed by atoms with Gasteiger partial charge in [-0.25, -0.2) is 0 Å². The van der Waals surface area contributed by atoms with E-state index in [1.165, 1.54) is 7.11 Å². The lowest BCUT2D eigenvalue weighted by molar-refractivity contribution is -0.141. The van der Waals surface area contributed by atoms with E-state index in [0.29, 0.717) is 16.3 Å². The van der Waals surface area contributed by atoms with Crippen LogP contribution in [-0.4, -0.2) is 34.8 Å². The number of methoxy groups -OCH3 is 1. The van der Waals surface area contributed by atoms with Crippen LogP contribution in [0.2, 0.25) is 5.02 Å². The Hall–Kier alpha value is -2.79. The van der Waals surface area contributed by atoms with Gasteiger partial charge >= 0.3 is 0 Å². The molecule has 0 radical (unpaired) electrons. The number of aliphatic hydroxyl groups excluding tert-OH is 1. The first-order valence-corrected chi connectivity index (χ1v) is 11.0. The lowest BCUT2D eigenvalue weighted by Gasteiger charge is -2.36. The van der Waals surface area contributed by atoms with Crippen LogP contribution in [0.4, 0.5) is 0 Å². The molecule has 31 heavy (non-hydrogen) atoms. The summed E-state index contributed by atoms with van der Waals surface area (Å²) < 4.78 is 5.19. The lowest BCUT2D eigenvalue weighted by atomic mass is 9.89. The predicted octanol–water partition coefficient (Wildman–Crippen LogP) is 5.41. The number of nitrogens with zero attached hydrogens (tertiary/aromatic N) is 1. The van der Waals surface area contributed by atoms with Crippen molar-refractivity contribution in [2.75, 3.05) is 7.11 Å². The van der Waals surface area contributed by atoms with E-state index in [1.807, 2.05) is 31.2 Å². The molecule has 0 spiro atoms. The zero-order valence-electron chi connectivity index (χ0n) is 17.7. The van der Waals surface area contributed by atoms with Gasteiger partial charge in [0.05, 0.1) is 23.7 Å². The maximum atomic E-state index is 13.2. The Morgan fingerprint density at radius 1 is 1.10 bits per heavy atom. The minimum absolute atomic E-state index is 0.0143. The molecule has 1 N–H and O–H groups in total. The van der Waals surface area contributed by atoms with Crippen molar-refractivity contribution in [3.8, 4) is 5.75 Å². The average Bonchev–Trinajstić information content (AvgIpc) is 3.04. The molecule has 2 aromatic carbocycles. The number of rotatable bonds is 4. The van der Waals surface area contributed by atoms with Crippen LogP contribution in [0.1, 0.15) is 54.8 Å². The number of carbonyl (C=O) groups excluding carboxylic acids is 2. The Kier molecular flexibility index (Phi) is 6.05. The van der Waals surface area contributed by atoms with Crippen molar-refractivity contribution < 1.29 is 19.4 Å². The second-order valence-electron chi connectivity index (χ2n) is 8.20. The van der Waals surface area contributed by atoms with Gasteiger partial charge in [-0.05, 0) is 49.1 Å². The summed E-state index contributed by atoms with van der Waals surface area (Å²) in [7, 11) is 1.51. The van der Waals surface area contributed by atoms with E-state index in [2.05, 4.69) is 0 Å². The largest absolute Gasteiger partial charge is 0.507 e. The van der Waals surface area contributed by atoms with Gasteiger partial charge in [0.1, 0.15) is 11.5 Å². The van der Waals surface area contributed by atoms with Crippen molar-refractivity contribution in [3.63, 3.8) is 0 Å². The zero-order chi connectivity index (χ0) is 22.1. The minimum atomic E-state index is -0.650. The topological polar surface area (TPSA) is 66.8 Å². The van der Waals surface area contributed by atoms with Crippen molar-refractivity contribution in [2.45, 2.75) is 51.1 Å². The number of hydrogen-bond donors (Lipinski definition) is 1. The highest BCUT2D eigenvalue weighted by Gasteiger charge is 2.49. The number of amides is 1. The second kappa shape index (κ2) is 8.75. The Bertz CT molecular complexity index is 1060. The molecule has 1 aliphatic carbocycles. The number of aliphatic hydroxyl groups is 1. The number of aryl methyl sites for hydroxylation is 1. The highest BCUT2D eigenvalue weighted by molar-refractivity contribution is 6.46. The molecule has 0 aromatic heterocycles. The summed E-state index contributed by atoms with van der Waals surface area (Å²) in [5.41, 5.74) is 2.32. The van der Waals surface area contributed by atoms with E-state index in [-0.39, 0.29) is 17.4 Å². The number of hydrogen-bond acceptors (Lipinski definition) is 4. The summed E-state index contributed by atoms with van der Waals surface area (Å²) in [5.74, 6) is -0.935. The van der Waals surface area contributed by atoms with Crippen LogP contribution in [-0.2, 0) is 9.59 Å². The first-order chi connectivity index (χ1) is 14.9. The standard InChI is InChI=1S/C25H26ClNO4/c1-15-8-6-7-11-18(15)22-21(23(28)16-12-13-20(31-2)19(26)14-16)24(29)25(30)27(22)17-9-4-3-5-10-17/h6-8,11-14,17,22,28H,3-5,9-10H2,1-2H3/b23-21+. The van der Waals surface area contributed by atoms with Crippen molar-refractivity contribution >= 4 is 29.1 Å². The first kappa shape index (κ1) is 21.4. The molecule has 2 aromatic rings. The highest BCUT2D eigenvalue weighted by Crippen LogP contribution is 2.44. The summed E-state index contributed by atoms with van der Waals surface area (Å²) in [4.78, 5) is 28.1. The number of likely N-dealkylation sites (tertiary alicyclic amines) is 1. The molecule has 1 amide bonds. The molecular weight excluding hydrogens is 414 g/mol. The fourth-order valence-electron chi connectivity index (χ4n) is 4.75. The molecule has 1 saturated heterocycles. The van der Waals surface area contributed by atoms with Crippen LogP contribution < -0.4 is 4.74 Å². The summed E-state index contributed by atoms with van der Waals surface area (Å²) >= 11 is 6.25. The normalized spacial score (nSPS) is 21.5. The molecule has 2 fully saturated rings. The van der Waals surface area contributed by atoms with Crippen LogP contribution in [0.15, 0.2) is 48.0 Å². The minimum Gasteiger partial charge on any atom is -0.507 e. The van der Waals surface area contributed by atoms with Crippen LogP contribution in [0.5, 0.6) is 5.75 Å². The van der Waals surface area contributed by atoms with Gasteiger partial charge in [-0.3, -0.25) is 9.59 Å². The second-order valence-corrected chi connectivity index (χ2v) is 8.61. The van der Waals surface area contributed by atoms with Crippen LogP contribution in [0, 0.1) is 6.92 Å². The number of halogens is 1. The Balaban J connectivity index is 1.89. The van der Waals surface area contributed by atoms with Gasteiger partial charge in [-0.15, -0.1) is 0 Å². The van der Waals surface area contributed by atoms with Gasteiger partial charge in [0.25, 0.3) is 11.7 Å². The molecule has 0 bridgehead atoms. The monoisotopic (exact) mass is 439 g/mol. The van der Waals surface area contributed by atoms with Crippen LogP contribution in [0.3, 0.4) is 0 Å². The molecule has 4 rings (SSSR count). The smallest absolute Gasteiger partial charge is 0.295 e. The van der Waals surface area contributed by atoms with E-state index in [1.54, 1.807) is 23.1 Å². The fourth-order valence-corrected chi connectivity index (χ4v) is 5.01. The van der Waals surface area contributed by atoms with Gasteiger partial charge in [0.2, 0.25) is 0 Å². The molecule has 162 valence electrons. The van der Waals surface area contributed by atoms with E-state index in [4.69, 9.17) is 16.3 Å². The van der Waals surface area contributed by atoms with Gasteiger partial charge in [-0.1, -0.05) is 55.1 Å². The molecular formula is C25H26ClNO4. The van der Waals surface area contributed by atoms with Gasteiger partial charge in [-0.2, -0.15) is 0 Å². The van der Waals surface area contributed by atoms with Crippen LogP contribution in [0.25, 0.3) is 5.76 Å². The SMILES string of the molecule is COc1ccc(/C(O)=C2\C(=O)C(=O)N(C3CCCCC3)C2c2ccccc2C)cc1Cl. The number of benzene rings is 2. The number of ether oxygens (including phenoxy) is 1. The summed E-state index contributed by atoms with van der Waals surface area (Å²) in [6.45, 7) is 1.96. The average molecular weight is 440 g/mol. The molecule has 1 unspecified atom stereocenters. The molecule has 6 heteroatoms. The van der Waals surface area contributed by atoms with E-state index < -0.39 is 17.7 Å². The van der Waals surface area contributed by atoms with Gasteiger partial charge in [0, 0.05) is 11.6 Å². The van der Waals surface area contributed by atoms with Crippen molar-refractivity contribution in [1.29, 1.82) is 0 Å². The van der Waals surface area contributed by atoms with Crippen LogP contribution >= 0.6 is 11.6 Å². The number of ketones is 1. The molecule has 2 aliphatic rings. The molecule has 5 nitrogen and oxygen atoms in total. The Morgan fingerprint density at radius 3 is 2.45 bits per heavy atom. The highest BCUT2D eigenvalue weighted by atomic mass is 35.5. The summed E-state index contributed by atoms with van der Waals surface area (Å²) in [5, 5.41) is 11.5. The Labute approximate surface area is 187 Å². The third kappa shape index (κ3) is 3.83. The zero-order valence-corrected chi connectivity index (χ0v) is 18.5. The Morgan fingerprint density at radius 2 is 1.81 bits per heavy atom. The third-order valence-electron chi connectivity index (χ3n) is 6.36. The molecule has 1 atom stereocenters. The quantitative estimate of drug-likeness (QED) is 0.393. The molecule has 1 aliphatic heterocycles. The van der Waals surface area contributed by atoms with Crippen molar-refractivity contribution in [3.05, 3.63) is 69.8 Å². The summed E-state index contributed by atoms with van der Waals surface area (Å²) in [6.07, 6.45) is 4.93. The summed E-state index contributed by atoms with van der Waals surface area (Å²) in [6, 6.07) is 11.9. The van der Waals surface area contributed by atoms with E-state index in [9.17, 15) is 14.7 Å². The first-order valence-electron chi connectivity index (χ1n) is 10.6. The van der Waals surface area contributed by atoms with Gasteiger partial charge < -0.3 is 14.7 Å². The third-order valence-corrected chi connectivity index (χ3v) is 6.65. The predicted molar refractivity (Wildman–Crippen MR) is 120 cm³/mol. The number of Topliss-reactive ketones (excluding diaryl/α,β-unsaturated/α-hetero) is 1. The van der Waals surface area contributed by atoms with Crippen molar-refractivity contribution in [2.24, 2.45) is 0 Å². The molecule has 1 saturated carbocycles. The maximum absolute atomic E-state index is 13.2. The maximum Gasteiger partial charge on any atom is 0.295 e. The fraction of sp³-hybridized carbons (Fsp3) is 0.360. The number of carbonyl (C=O) groups is 2. The van der Waals surface area contributed by atoms with Crippen molar-refractivity contribution in [1.82, 2.24) is 4.90 Å². The van der Waals surface area contributed by atoms with E-state index >= 15 is 0 Å².